The van der Waals surface area contributed by atoms with E-state index in [0.29, 0.717) is 11.8 Å². The Morgan fingerprint density at radius 1 is 1.37 bits per heavy atom. The third kappa shape index (κ3) is 4.51. The lowest BCUT2D eigenvalue weighted by atomic mass is 10.0. The number of nitrogens with one attached hydrogen (secondary N) is 2. The number of carbonyl (C=O) groups excluding carboxylic acids is 1. The zero-order valence-corrected chi connectivity index (χ0v) is 12.4. The molecular weight excluding hydrogens is 260 g/mol. The van der Waals surface area contributed by atoms with Crippen LogP contribution in [0.2, 0.25) is 0 Å². The van der Waals surface area contributed by atoms with Gasteiger partial charge in [-0.3, -0.25) is 4.79 Å². The molecule has 4 heteroatoms. The Balaban J connectivity index is 0.00000180. The largest absolute Gasteiger partial charge is 0.352 e. The third-order valence-electron chi connectivity index (χ3n) is 3.55. The van der Waals surface area contributed by atoms with E-state index in [4.69, 9.17) is 0 Å². The lowest BCUT2D eigenvalue weighted by Gasteiger charge is -2.11. The first kappa shape index (κ1) is 16.0. The van der Waals surface area contributed by atoms with Crippen molar-refractivity contribution in [3.05, 3.63) is 35.4 Å². The number of carbonyl (C=O) groups is 1. The van der Waals surface area contributed by atoms with Gasteiger partial charge in [-0.05, 0) is 49.0 Å². The number of hydrogen-bond donors (Lipinski definition) is 2. The Labute approximate surface area is 121 Å². The molecule has 0 bridgehead atoms. The number of benzene rings is 1. The van der Waals surface area contributed by atoms with Crippen LogP contribution in [0.3, 0.4) is 0 Å². The first-order valence-corrected chi connectivity index (χ1v) is 6.75. The van der Waals surface area contributed by atoms with E-state index < -0.39 is 0 Å². The highest BCUT2D eigenvalue weighted by Gasteiger charge is 2.15. The van der Waals surface area contributed by atoms with Crippen LogP contribution in [-0.2, 0) is 0 Å². The van der Waals surface area contributed by atoms with E-state index in [2.05, 4.69) is 24.5 Å². The van der Waals surface area contributed by atoms with Crippen molar-refractivity contribution < 1.29 is 4.79 Å². The van der Waals surface area contributed by atoms with E-state index >= 15 is 0 Å². The topological polar surface area (TPSA) is 41.1 Å². The highest BCUT2D eigenvalue weighted by Crippen LogP contribution is 2.14. The molecule has 1 aliphatic heterocycles. The van der Waals surface area contributed by atoms with Gasteiger partial charge < -0.3 is 10.6 Å². The highest BCUT2D eigenvalue weighted by molar-refractivity contribution is 5.94. The van der Waals surface area contributed by atoms with Crippen LogP contribution in [0, 0.1) is 5.92 Å². The van der Waals surface area contributed by atoms with Crippen molar-refractivity contribution in [3.63, 3.8) is 0 Å². The van der Waals surface area contributed by atoms with Gasteiger partial charge in [0.25, 0.3) is 5.91 Å². The van der Waals surface area contributed by atoms with Crippen molar-refractivity contribution >= 4 is 18.3 Å². The Kier molecular flexibility index (Phi) is 6.32. The smallest absolute Gasteiger partial charge is 0.251 e. The number of hydrogen-bond acceptors (Lipinski definition) is 2. The van der Waals surface area contributed by atoms with E-state index in [1.807, 2.05) is 24.3 Å². The van der Waals surface area contributed by atoms with Crippen molar-refractivity contribution in [2.75, 3.05) is 19.6 Å². The molecule has 0 aromatic heterocycles. The number of rotatable bonds is 4. The first-order valence-electron chi connectivity index (χ1n) is 6.75. The summed E-state index contributed by atoms with van der Waals surface area (Å²) >= 11 is 0. The SMILES string of the molecule is CC(C)c1ccc(C(=O)NCC2CCNC2)cc1.Cl. The molecule has 1 aliphatic rings. The molecule has 1 saturated heterocycles. The average Bonchev–Trinajstić information content (AvgIpc) is 2.89. The second-order valence-corrected chi connectivity index (χ2v) is 5.35. The van der Waals surface area contributed by atoms with Crippen LogP contribution in [0.5, 0.6) is 0 Å². The minimum atomic E-state index is 0. The van der Waals surface area contributed by atoms with Crippen LogP contribution in [0.4, 0.5) is 0 Å². The van der Waals surface area contributed by atoms with Crippen molar-refractivity contribution in [1.82, 2.24) is 10.6 Å². The minimum Gasteiger partial charge on any atom is -0.352 e. The summed E-state index contributed by atoms with van der Waals surface area (Å²) in [6, 6.07) is 7.91. The van der Waals surface area contributed by atoms with Crippen LogP contribution < -0.4 is 10.6 Å². The van der Waals surface area contributed by atoms with Crippen molar-refractivity contribution in [1.29, 1.82) is 0 Å². The molecule has 1 atom stereocenters. The van der Waals surface area contributed by atoms with Crippen LogP contribution in [0.1, 0.15) is 42.1 Å². The van der Waals surface area contributed by atoms with Crippen LogP contribution >= 0.6 is 12.4 Å². The molecule has 106 valence electrons. The Morgan fingerprint density at radius 3 is 2.58 bits per heavy atom. The Bertz CT molecular complexity index is 397. The Morgan fingerprint density at radius 2 is 2.05 bits per heavy atom. The summed E-state index contributed by atoms with van der Waals surface area (Å²) in [6.45, 7) is 7.18. The van der Waals surface area contributed by atoms with E-state index in [-0.39, 0.29) is 18.3 Å². The van der Waals surface area contributed by atoms with E-state index in [9.17, 15) is 4.79 Å². The molecule has 19 heavy (non-hydrogen) atoms. The van der Waals surface area contributed by atoms with Crippen molar-refractivity contribution in [3.8, 4) is 0 Å². The van der Waals surface area contributed by atoms with Gasteiger partial charge in [0.05, 0.1) is 0 Å². The summed E-state index contributed by atoms with van der Waals surface area (Å²) in [4.78, 5) is 12.0. The van der Waals surface area contributed by atoms with Gasteiger partial charge in [0, 0.05) is 12.1 Å². The van der Waals surface area contributed by atoms with Crippen molar-refractivity contribution in [2.24, 2.45) is 5.92 Å². The molecule has 0 radical (unpaired) electrons. The molecule has 0 saturated carbocycles. The molecule has 1 amide bonds. The minimum absolute atomic E-state index is 0. The molecule has 2 rings (SSSR count). The quantitative estimate of drug-likeness (QED) is 0.891. The summed E-state index contributed by atoms with van der Waals surface area (Å²) in [5.74, 6) is 1.13. The number of halogens is 1. The van der Waals surface area contributed by atoms with E-state index in [1.54, 1.807) is 0 Å². The molecule has 1 aromatic rings. The average molecular weight is 283 g/mol. The van der Waals surface area contributed by atoms with Gasteiger partial charge in [-0.25, -0.2) is 0 Å². The zero-order chi connectivity index (χ0) is 13.0. The van der Waals surface area contributed by atoms with Crippen LogP contribution in [0.15, 0.2) is 24.3 Å². The molecule has 1 fully saturated rings. The van der Waals surface area contributed by atoms with Gasteiger partial charge in [0.15, 0.2) is 0 Å². The second kappa shape index (κ2) is 7.51. The molecule has 1 heterocycles. The normalized spacial score (nSPS) is 18.2. The maximum Gasteiger partial charge on any atom is 0.251 e. The predicted molar refractivity (Wildman–Crippen MR) is 81.1 cm³/mol. The molecule has 3 nitrogen and oxygen atoms in total. The van der Waals surface area contributed by atoms with E-state index in [0.717, 1.165) is 31.6 Å². The molecule has 0 spiro atoms. The van der Waals surface area contributed by atoms with Crippen molar-refractivity contribution in [2.45, 2.75) is 26.2 Å². The van der Waals surface area contributed by atoms with Gasteiger partial charge in [0.1, 0.15) is 0 Å². The summed E-state index contributed by atoms with van der Waals surface area (Å²) in [5, 5.41) is 6.32. The standard InChI is InChI=1S/C15H22N2O.ClH/c1-11(2)13-3-5-14(6-4-13)15(18)17-10-12-7-8-16-9-12;/h3-6,11-12,16H,7-10H2,1-2H3,(H,17,18);1H. The maximum atomic E-state index is 12.0. The van der Waals surface area contributed by atoms with Gasteiger partial charge in [-0.15, -0.1) is 12.4 Å². The fraction of sp³-hybridized carbons (Fsp3) is 0.533. The monoisotopic (exact) mass is 282 g/mol. The molecule has 1 unspecified atom stereocenters. The lowest BCUT2D eigenvalue weighted by Crippen LogP contribution is -2.30. The summed E-state index contributed by atoms with van der Waals surface area (Å²) < 4.78 is 0. The van der Waals surface area contributed by atoms with Gasteiger partial charge >= 0.3 is 0 Å². The Hall–Kier alpha value is -1.06. The van der Waals surface area contributed by atoms with Gasteiger partial charge in [-0.2, -0.15) is 0 Å². The first-order chi connectivity index (χ1) is 8.66. The summed E-state index contributed by atoms with van der Waals surface area (Å²) in [7, 11) is 0. The van der Waals surface area contributed by atoms with E-state index in [1.165, 1.54) is 5.56 Å². The van der Waals surface area contributed by atoms with Crippen LogP contribution in [0.25, 0.3) is 0 Å². The molecule has 2 N–H and O–H groups in total. The molecule has 1 aromatic carbocycles. The van der Waals surface area contributed by atoms with Gasteiger partial charge in [-0.1, -0.05) is 26.0 Å². The number of amides is 1. The summed E-state index contributed by atoms with van der Waals surface area (Å²) in [5.41, 5.74) is 2.02. The predicted octanol–water partition coefficient (Wildman–Crippen LogP) is 2.57. The summed E-state index contributed by atoms with van der Waals surface area (Å²) in [6.07, 6.45) is 1.16. The highest BCUT2D eigenvalue weighted by atomic mass is 35.5. The fourth-order valence-corrected chi connectivity index (χ4v) is 2.25. The zero-order valence-electron chi connectivity index (χ0n) is 11.6. The molecule has 0 aliphatic carbocycles. The molecular formula is C15H23ClN2O. The maximum absolute atomic E-state index is 12.0. The lowest BCUT2D eigenvalue weighted by molar-refractivity contribution is 0.0948. The second-order valence-electron chi connectivity index (χ2n) is 5.35. The fourth-order valence-electron chi connectivity index (χ4n) is 2.25. The van der Waals surface area contributed by atoms with Gasteiger partial charge in [0.2, 0.25) is 0 Å². The third-order valence-corrected chi connectivity index (χ3v) is 3.55. The van der Waals surface area contributed by atoms with Crippen LogP contribution in [-0.4, -0.2) is 25.5 Å².